The minimum atomic E-state index is -4.67. The summed E-state index contributed by atoms with van der Waals surface area (Å²) in [5, 5.41) is 12.1. The van der Waals surface area contributed by atoms with Crippen LogP contribution < -0.4 is 5.32 Å². The number of ether oxygens (including phenoxy) is 1. The third-order valence-corrected chi connectivity index (χ3v) is 8.76. The molecule has 1 aliphatic carbocycles. The van der Waals surface area contributed by atoms with Crippen molar-refractivity contribution in [3.8, 4) is 0 Å². The van der Waals surface area contributed by atoms with Crippen LogP contribution in [0.15, 0.2) is 42.5 Å². The van der Waals surface area contributed by atoms with E-state index < -0.39 is 29.1 Å². The number of carbonyl (C=O) groups excluding carboxylic acids is 1. The number of nitrogens with one attached hydrogen (secondary N) is 1. The van der Waals surface area contributed by atoms with Crippen molar-refractivity contribution in [3.05, 3.63) is 70.5 Å². The van der Waals surface area contributed by atoms with Crippen molar-refractivity contribution in [1.82, 2.24) is 10.2 Å². The molecule has 216 valence electrons. The molecule has 6 nitrogen and oxygen atoms in total. The number of benzene rings is 2. The van der Waals surface area contributed by atoms with Gasteiger partial charge in [0.15, 0.2) is 0 Å². The van der Waals surface area contributed by atoms with Crippen molar-refractivity contribution in [2.45, 2.75) is 69.3 Å². The number of aromatic carboxylic acids is 1. The number of alkyl halides is 3. The van der Waals surface area contributed by atoms with Gasteiger partial charge in [-0.3, -0.25) is 9.69 Å². The number of piperidine rings is 1. The molecule has 40 heavy (non-hydrogen) atoms. The summed E-state index contributed by atoms with van der Waals surface area (Å²) in [6.45, 7) is 4.01. The Hall–Kier alpha value is -2.98. The van der Waals surface area contributed by atoms with Gasteiger partial charge >= 0.3 is 12.1 Å². The van der Waals surface area contributed by atoms with E-state index in [1.54, 1.807) is 18.2 Å². The summed E-state index contributed by atoms with van der Waals surface area (Å²) in [7, 11) is 0. The predicted molar refractivity (Wildman–Crippen MR) is 139 cm³/mol. The van der Waals surface area contributed by atoms with Gasteiger partial charge in [0.05, 0.1) is 17.7 Å². The predicted octanol–water partition coefficient (Wildman–Crippen LogP) is 5.61. The number of amides is 1. The number of rotatable bonds is 7. The lowest BCUT2D eigenvalue weighted by Crippen LogP contribution is -2.57. The molecule has 3 aliphatic rings. The topological polar surface area (TPSA) is 78.9 Å². The number of carboxylic acid groups (broad SMARTS) is 1. The highest BCUT2D eigenvalue weighted by molar-refractivity contribution is 5.87. The fraction of sp³-hybridized carbons (Fsp3) is 0.533. The molecule has 2 aliphatic heterocycles. The minimum Gasteiger partial charge on any atom is -0.478 e. The summed E-state index contributed by atoms with van der Waals surface area (Å²) in [6, 6.07) is 9.59. The van der Waals surface area contributed by atoms with E-state index in [-0.39, 0.29) is 35.9 Å². The Morgan fingerprint density at radius 3 is 2.52 bits per heavy atom. The summed E-state index contributed by atoms with van der Waals surface area (Å²) >= 11 is 0. The first-order chi connectivity index (χ1) is 19.0. The summed E-state index contributed by atoms with van der Waals surface area (Å²) in [6.07, 6.45) is -0.801. The van der Waals surface area contributed by atoms with Crippen LogP contribution in [-0.2, 0) is 22.3 Å². The SMILES string of the molecule is C[C@@H]1CN([C@@H]2CC[C@@](C(=O)NCc3cc(F)cc(C(F)(F)F)c3)(C3CC3)OC2)CC[C@H]1c1cccc(C(=O)O)c1. The molecule has 4 atom stereocenters. The van der Waals surface area contributed by atoms with Crippen molar-refractivity contribution >= 4 is 11.9 Å². The average Bonchev–Trinajstić information content (AvgIpc) is 3.77. The second-order valence-electron chi connectivity index (χ2n) is 11.5. The molecule has 0 bridgehead atoms. The number of nitrogens with zero attached hydrogens (tertiary/aromatic N) is 1. The normalized spacial score (nSPS) is 27.8. The van der Waals surface area contributed by atoms with E-state index >= 15 is 0 Å². The Labute approximate surface area is 230 Å². The Balaban J connectivity index is 1.19. The van der Waals surface area contributed by atoms with Crippen molar-refractivity contribution in [2.75, 3.05) is 19.7 Å². The molecule has 2 N–H and O–H groups in total. The first-order valence-corrected chi connectivity index (χ1v) is 13.8. The highest BCUT2D eigenvalue weighted by atomic mass is 19.4. The minimum absolute atomic E-state index is 0.0473. The van der Waals surface area contributed by atoms with Crippen molar-refractivity contribution < 1.29 is 37.0 Å². The zero-order chi connectivity index (χ0) is 28.7. The molecule has 0 spiro atoms. The van der Waals surface area contributed by atoms with E-state index in [9.17, 15) is 32.3 Å². The Bertz CT molecular complexity index is 1250. The van der Waals surface area contributed by atoms with Crippen LogP contribution in [0.1, 0.15) is 72.0 Å². The third kappa shape index (κ3) is 6.02. The first kappa shape index (κ1) is 28.5. The van der Waals surface area contributed by atoms with Crippen molar-refractivity contribution in [2.24, 2.45) is 11.8 Å². The van der Waals surface area contributed by atoms with Gasteiger partial charge in [0, 0.05) is 19.1 Å². The molecule has 0 radical (unpaired) electrons. The van der Waals surface area contributed by atoms with Crippen molar-refractivity contribution in [3.63, 3.8) is 0 Å². The van der Waals surface area contributed by atoms with Crippen LogP contribution in [0.5, 0.6) is 0 Å². The van der Waals surface area contributed by atoms with Crippen LogP contribution in [0, 0.1) is 17.7 Å². The third-order valence-electron chi connectivity index (χ3n) is 8.76. The standard InChI is InChI=1S/C30H34F4N2O4/c1-18-16-36(10-8-26(18)20-3-2-4-21(13-20)27(37)38)25-7-9-29(40-17-25,22-5-6-22)28(39)35-15-19-11-23(30(32,33)34)14-24(31)12-19/h2-4,11-14,18,22,25-26H,5-10,15-17H2,1H3,(H,35,39)(H,37,38)/t18-,25-,26-,29+/m1/s1. The summed E-state index contributed by atoms with van der Waals surface area (Å²) < 4.78 is 59.4. The van der Waals surface area contributed by atoms with Gasteiger partial charge in [-0.25, -0.2) is 9.18 Å². The van der Waals surface area contributed by atoms with Gasteiger partial charge in [-0.1, -0.05) is 19.1 Å². The Kier molecular flexibility index (Phi) is 7.94. The highest BCUT2D eigenvalue weighted by Gasteiger charge is 2.54. The molecule has 2 aromatic carbocycles. The van der Waals surface area contributed by atoms with E-state index in [0.29, 0.717) is 30.6 Å². The quantitative estimate of drug-likeness (QED) is 0.429. The number of carboxylic acids is 1. The van der Waals surface area contributed by atoms with Crippen LogP contribution in [0.2, 0.25) is 0 Å². The molecule has 2 aromatic rings. The molecule has 10 heteroatoms. The largest absolute Gasteiger partial charge is 0.478 e. The van der Waals surface area contributed by atoms with Gasteiger partial charge < -0.3 is 15.2 Å². The second kappa shape index (κ2) is 11.1. The van der Waals surface area contributed by atoms with Crippen LogP contribution in [-0.4, -0.2) is 53.2 Å². The Morgan fingerprint density at radius 2 is 1.90 bits per heavy atom. The zero-order valence-electron chi connectivity index (χ0n) is 22.3. The maximum absolute atomic E-state index is 13.8. The maximum Gasteiger partial charge on any atom is 0.416 e. The smallest absolute Gasteiger partial charge is 0.416 e. The fourth-order valence-corrected chi connectivity index (χ4v) is 6.46. The lowest BCUT2D eigenvalue weighted by Gasteiger charge is -2.46. The number of hydrogen-bond acceptors (Lipinski definition) is 4. The van der Waals surface area contributed by atoms with E-state index in [1.807, 2.05) is 6.07 Å². The number of carbonyl (C=O) groups is 2. The van der Waals surface area contributed by atoms with Crippen LogP contribution >= 0.6 is 0 Å². The molecule has 1 amide bonds. The maximum atomic E-state index is 13.8. The van der Waals surface area contributed by atoms with Gasteiger partial charge in [0.2, 0.25) is 0 Å². The first-order valence-electron chi connectivity index (χ1n) is 13.8. The van der Waals surface area contributed by atoms with Gasteiger partial charge in [0.1, 0.15) is 11.4 Å². The second-order valence-corrected chi connectivity index (χ2v) is 11.5. The fourth-order valence-electron chi connectivity index (χ4n) is 6.46. The van der Waals surface area contributed by atoms with E-state index in [4.69, 9.17) is 4.74 Å². The van der Waals surface area contributed by atoms with Gasteiger partial charge in [-0.15, -0.1) is 0 Å². The van der Waals surface area contributed by atoms with E-state index in [0.717, 1.165) is 56.5 Å². The van der Waals surface area contributed by atoms with Crippen molar-refractivity contribution in [1.29, 1.82) is 0 Å². The summed E-state index contributed by atoms with van der Waals surface area (Å²) in [5.41, 5.74) is -0.723. The molecule has 0 unspecified atom stereocenters. The highest BCUT2D eigenvalue weighted by Crippen LogP contribution is 2.47. The van der Waals surface area contributed by atoms with Crippen LogP contribution in [0.4, 0.5) is 17.6 Å². The van der Waals surface area contributed by atoms with E-state index in [2.05, 4.69) is 17.1 Å². The van der Waals surface area contributed by atoms with Crippen LogP contribution in [0.3, 0.4) is 0 Å². The van der Waals surface area contributed by atoms with E-state index in [1.165, 1.54) is 0 Å². The molecule has 2 heterocycles. The number of hydrogen-bond donors (Lipinski definition) is 2. The van der Waals surface area contributed by atoms with Gasteiger partial charge in [0.25, 0.3) is 5.91 Å². The van der Waals surface area contributed by atoms with Gasteiger partial charge in [-0.2, -0.15) is 13.2 Å². The lowest BCUT2D eigenvalue weighted by molar-refractivity contribution is -0.166. The molecule has 5 rings (SSSR count). The monoisotopic (exact) mass is 562 g/mol. The molecular weight excluding hydrogens is 528 g/mol. The van der Waals surface area contributed by atoms with Gasteiger partial charge in [-0.05, 0) is 97.9 Å². The Morgan fingerprint density at radius 1 is 1.12 bits per heavy atom. The number of halogens is 4. The molecule has 3 fully saturated rings. The molecule has 1 saturated carbocycles. The molecule has 2 saturated heterocycles. The summed E-state index contributed by atoms with van der Waals surface area (Å²) in [4.78, 5) is 27.1. The average molecular weight is 563 g/mol. The lowest BCUT2D eigenvalue weighted by atomic mass is 9.79. The zero-order valence-corrected chi connectivity index (χ0v) is 22.3. The molecular formula is C30H34F4N2O4. The summed E-state index contributed by atoms with van der Waals surface area (Å²) in [5.74, 6) is -1.65. The van der Waals surface area contributed by atoms with Crippen LogP contribution in [0.25, 0.3) is 0 Å². The number of likely N-dealkylation sites (tertiary alicyclic amines) is 1. The molecule has 0 aromatic heterocycles.